The third kappa shape index (κ3) is 5.41. The molecule has 1 aromatic rings. The van der Waals surface area contributed by atoms with E-state index < -0.39 is 5.91 Å². The van der Waals surface area contributed by atoms with Gasteiger partial charge in [-0.3, -0.25) is 9.59 Å². The third-order valence-corrected chi connectivity index (χ3v) is 3.84. The van der Waals surface area contributed by atoms with Gasteiger partial charge in [0.25, 0.3) is 0 Å². The van der Waals surface area contributed by atoms with Crippen LogP contribution in [-0.4, -0.2) is 49.5 Å². The fraction of sp³-hybridized carbons (Fsp3) is 0.500. The van der Waals surface area contributed by atoms with Crippen LogP contribution in [0, 0.1) is 0 Å². The Morgan fingerprint density at radius 3 is 2.91 bits per heavy atom. The number of amides is 2. The second kappa shape index (κ2) is 9.37. The zero-order valence-electron chi connectivity index (χ0n) is 13.3. The van der Waals surface area contributed by atoms with Gasteiger partial charge >= 0.3 is 0 Å². The van der Waals surface area contributed by atoms with Crippen molar-refractivity contribution in [3.8, 4) is 5.75 Å². The molecule has 2 amide bonds. The number of rotatable bonds is 7. The van der Waals surface area contributed by atoms with Gasteiger partial charge < -0.3 is 20.7 Å². The van der Waals surface area contributed by atoms with Crippen molar-refractivity contribution in [2.45, 2.75) is 25.3 Å². The summed E-state index contributed by atoms with van der Waals surface area (Å²) in [7, 11) is 1.90. The minimum absolute atomic E-state index is 0. The fourth-order valence-corrected chi connectivity index (χ4v) is 2.75. The molecular weight excluding hydrogens is 318 g/mol. The Morgan fingerprint density at radius 2 is 2.22 bits per heavy atom. The molecule has 0 spiro atoms. The lowest BCUT2D eigenvalue weighted by Crippen LogP contribution is -2.41. The number of primary amides is 1. The van der Waals surface area contributed by atoms with Crippen LogP contribution in [0.4, 0.5) is 0 Å². The van der Waals surface area contributed by atoms with E-state index in [2.05, 4.69) is 5.32 Å². The summed E-state index contributed by atoms with van der Waals surface area (Å²) in [5, 5.41) is 3.12. The van der Waals surface area contributed by atoms with Gasteiger partial charge in [0, 0.05) is 24.7 Å². The standard InChI is InChI=1S/C16H23N3O3.ClH/c1-18-11-13-5-3-8-19(13)15(20)7-9-22-14-6-2-4-12(10-14)16(17)21;/h2,4,6,10,13,18H,3,5,7-9,11H2,1H3,(H2,17,21);1H. The molecule has 7 heteroatoms. The smallest absolute Gasteiger partial charge is 0.248 e. The maximum Gasteiger partial charge on any atom is 0.248 e. The molecule has 1 aromatic carbocycles. The summed E-state index contributed by atoms with van der Waals surface area (Å²) in [5.74, 6) is 0.176. The molecule has 128 valence electrons. The van der Waals surface area contributed by atoms with Crippen molar-refractivity contribution in [3.05, 3.63) is 29.8 Å². The molecule has 1 heterocycles. The van der Waals surface area contributed by atoms with Gasteiger partial charge in [-0.25, -0.2) is 0 Å². The molecule has 23 heavy (non-hydrogen) atoms. The molecule has 0 aliphatic carbocycles. The van der Waals surface area contributed by atoms with E-state index in [0.717, 1.165) is 25.9 Å². The van der Waals surface area contributed by atoms with Crippen molar-refractivity contribution in [1.29, 1.82) is 0 Å². The average molecular weight is 342 g/mol. The van der Waals surface area contributed by atoms with E-state index in [1.54, 1.807) is 24.3 Å². The van der Waals surface area contributed by atoms with Crippen LogP contribution in [0.25, 0.3) is 0 Å². The first-order valence-electron chi connectivity index (χ1n) is 7.58. The zero-order chi connectivity index (χ0) is 15.9. The topological polar surface area (TPSA) is 84.7 Å². The average Bonchev–Trinajstić information content (AvgIpc) is 2.96. The van der Waals surface area contributed by atoms with Gasteiger partial charge in [0.15, 0.2) is 0 Å². The van der Waals surface area contributed by atoms with Crippen molar-refractivity contribution >= 4 is 24.2 Å². The van der Waals surface area contributed by atoms with E-state index in [1.807, 2.05) is 11.9 Å². The van der Waals surface area contributed by atoms with Gasteiger partial charge in [-0.05, 0) is 38.1 Å². The fourth-order valence-electron chi connectivity index (χ4n) is 2.75. The minimum atomic E-state index is -0.492. The number of ether oxygens (including phenoxy) is 1. The van der Waals surface area contributed by atoms with Crippen LogP contribution in [-0.2, 0) is 4.79 Å². The molecule has 3 N–H and O–H groups in total. The van der Waals surface area contributed by atoms with Crippen LogP contribution in [0.2, 0.25) is 0 Å². The molecule has 1 aliphatic heterocycles. The maximum absolute atomic E-state index is 12.2. The maximum atomic E-state index is 12.2. The molecule has 2 rings (SSSR count). The number of nitrogens with one attached hydrogen (secondary N) is 1. The van der Waals surface area contributed by atoms with Gasteiger partial charge in [0.05, 0.1) is 13.0 Å². The number of carbonyl (C=O) groups is 2. The second-order valence-electron chi connectivity index (χ2n) is 5.43. The predicted octanol–water partition coefficient (Wildman–Crippen LogP) is 1.19. The molecular formula is C16H24ClN3O3. The van der Waals surface area contributed by atoms with Gasteiger partial charge in [-0.1, -0.05) is 6.07 Å². The Balaban J connectivity index is 0.00000264. The van der Waals surface area contributed by atoms with Crippen LogP contribution in [0.15, 0.2) is 24.3 Å². The molecule has 1 atom stereocenters. The van der Waals surface area contributed by atoms with Crippen LogP contribution < -0.4 is 15.8 Å². The van der Waals surface area contributed by atoms with E-state index in [9.17, 15) is 9.59 Å². The Labute approximate surface area is 142 Å². The summed E-state index contributed by atoms with van der Waals surface area (Å²) in [5.41, 5.74) is 5.63. The van der Waals surface area contributed by atoms with Crippen molar-refractivity contribution in [2.24, 2.45) is 5.73 Å². The highest BCUT2D eigenvalue weighted by molar-refractivity contribution is 5.93. The Morgan fingerprint density at radius 1 is 1.43 bits per heavy atom. The summed E-state index contributed by atoms with van der Waals surface area (Å²) >= 11 is 0. The molecule has 6 nitrogen and oxygen atoms in total. The number of likely N-dealkylation sites (N-methyl/N-ethyl adjacent to an activating group) is 1. The van der Waals surface area contributed by atoms with Crippen LogP contribution in [0.3, 0.4) is 0 Å². The van der Waals surface area contributed by atoms with E-state index in [4.69, 9.17) is 10.5 Å². The quantitative estimate of drug-likeness (QED) is 0.780. The number of carbonyl (C=O) groups excluding carboxylic acids is 2. The van der Waals surface area contributed by atoms with Gasteiger partial charge in [0.1, 0.15) is 5.75 Å². The number of halogens is 1. The summed E-state index contributed by atoms with van der Waals surface area (Å²) < 4.78 is 5.55. The normalized spacial score (nSPS) is 16.7. The van der Waals surface area contributed by atoms with Gasteiger partial charge in [-0.2, -0.15) is 0 Å². The second-order valence-corrected chi connectivity index (χ2v) is 5.43. The molecule has 0 bridgehead atoms. The highest BCUT2D eigenvalue weighted by Crippen LogP contribution is 2.18. The van der Waals surface area contributed by atoms with E-state index in [1.165, 1.54) is 0 Å². The molecule has 1 aliphatic rings. The molecule has 0 saturated carbocycles. The van der Waals surface area contributed by atoms with E-state index >= 15 is 0 Å². The lowest BCUT2D eigenvalue weighted by atomic mass is 10.2. The lowest BCUT2D eigenvalue weighted by molar-refractivity contribution is -0.132. The van der Waals surface area contributed by atoms with Crippen LogP contribution in [0.5, 0.6) is 5.75 Å². The summed E-state index contributed by atoms with van der Waals surface area (Å²) in [6.07, 6.45) is 2.44. The first-order chi connectivity index (χ1) is 10.6. The largest absolute Gasteiger partial charge is 0.493 e. The van der Waals surface area contributed by atoms with Crippen molar-refractivity contribution < 1.29 is 14.3 Å². The van der Waals surface area contributed by atoms with Gasteiger partial charge in [0.2, 0.25) is 11.8 Å². The Kier molecular flexibility index (Phi) is 7.85. The van der Waals surface area contributed by atoms with Crippen molar-refractivity contribution in [1.82, 2.24) is 10.2 Å². The SMILES string of the molecule is CNCC1CCCN1C(=O)CCOc1cccc(C(N)=O)c1.Cl. The molecule has 1 unspecified atom stereocenters. The summed E-state index contributed by atoms with van der Waals surface area (Å²) in [6, 6.07) is 6.96. The predicted molar refractivity (Wildman–Crippen MR) is 91.0 cm³/mol. The highest BCUT2D eigenvalue weighted by atomic mass is 35.5. The highest BCUT2D eigenvalue weighted by Gasteiger charge is 2.27. The number of benzene rings is 1. The first kappa shape index (κ1) is 19.3. The summed E-state index contributed by atoms with van der Waals surface area (Å²) in [4.78, 5) is 25.3. The monoisotopic (exact) mass is 341 g/mol. The molecule has 0 radical (unpaired) electrons. The number of nitrogens with zero attached hydrogens (tertiary/aromatic N) is 1. The van der Waals surface area contributed by atoms with Crippen molar-refractivity contribution in [2.75, 3.05) is 26.7 Å². The number of hydrogen-bond acceptors (Lipinski definition) is 4. The van der Waals surface area contributed by atoms with E-state index in [-0.39, 0.29) is 24.4 Å². The van der Waals surface area contributed by atoms with Crippen molar-refractivity contribution in [3.63, 3.8) is 0 Å². The number of likely N-dealkylation sites (tertiary alicyclic amines) is 1. The van der Waals surface area contributed by atoms with Crippen LogP contribution in [0.1, 0.15) is 29.6 Å². The molecule has 1 fully saturated rings. The van der Waals surface area contributed by atoms with Crippen LogP contribution >= 0.6 is 12.4 Å². The van der Waals surface area contributed by atoms with Gasteiger partial charge in [-0.15, -0.1) is 12.4 Å². The number of hydrogen-bond donors (Lipinski definition) is 2. The van der Waals surface area contributed by atoms with E-state index in [0.29, 0.717) is 24.3 Å². The molecule has 1 saturated heterocycles. The summed E-state index contributed by atoms with van der Waals surface area (Å²) in [6.45, 7) is 1.94. The Hall–Kier alpha value is -1.79. The third-order valence-electron chi connectivity index (χ3n) is 3.84. The molecule has 0 aromatic heterocycles. The Bertz CT molecular complexity index is 539. The number of nitrogens with two attached hydrogens (primary N) is 1. The minimum Gasteiger partial charge on any atom is -0.493 e. The lowest BCUT2D eigenvalue weighted by Gasteiger charge is -2.24. The zero-order valence-corrected chi connectivity index (χ0v) is 14.1. The first-order valence-corrected chi connectivity index (χ1v) is 7.58.